The Morgan fingerprint density at radius 3 is 2.43 bits per heavy atom. The van der Waals surface area contributed by atoms with Gasteiger partial charge in [-0.1, -0.05) is 81.6 Å². The summed E-state index contributed by atoms with van der Waals surface area (Å²) >= 11 is 0. The molecule has 0 aliphatic heterocycles. The molecule has 0 radical (unpaired) electrons. The van der Waals surface area contributed by atoms with Crippen LogP contribution < -0.4 is 0 Å². The zero-order valence-electron chi connectivity index (χ0n) is 19.8. The number of allylic oxidation sites excluding steroid dienone is 10. The van der Waals surface area contributed by atoms with Crippen LogP contribution in [-0.4, -0.2) is 16.9 Å². The average Bonchev–Trinajstić information content (AvgIpc) is 2.63. The van der Waals surface area contributed by atoms with Crippen LogP contribution >= 0.6 is 0 Å². The first kappa shape index (κ1) is 25.9. The quantitative estimate of drug-likeness (QED) is 0.167. The number of carbonyl (C=O) groups is 2. The summed E-state index contributed by atoms with van der Waals surface area (Å²) in [4.78, 5) is 23.7. The molecule has 30 heavy (non-hydrogen) atoms. The van der Waals surface area contributed by atoms with Crippen molar-refractivity contribution in [2.24, 2.45) is 11.3 Å². The molecule has 0 fully saturated rings. The van der Waals surface area contributed by atoms with Gasteiger partial charge in [-0.25, -0.2) is 0 Å². The first-order valence-electron chi connectivity index (χ1n) is 11.3. The predicted molar refractivity (Wildman–Crippen MR) is 126 cm³/mol. The van der Waals surface area contributed by atoms with Crippen LogP contribution in [0.15, 0.2) is 58.7 Å². The summed E-state index contributed by atoms with van der Waals surface area (Å²) in [6.45, 7) is 12.8. The topological polar surface area (TPSA) is 54.4 Å². The molecule has 1 rings (SSSR count). The van der Waals surface area contributed by atoms with Gasteiger partial charge in [-0.15, -0.1) is 0 Å². The molecule has 1 N–H and O–H groups in total. The van der Waals surface area contributed by atoms with Crippen molar-refractivity contribution >= 4 is 11.8 Å². The molecule has 1 aliphatic rings. The van der Waals surface area contributed by atoms with E-state index < -0.39 is 11.9 Å². The van der Waals surface area contributed by atoms with Gasteiger partial charge < -0.3 is 5.11 Å². The summed E-state index contributed by atoms with van der Waals surface area (Å²) < 4.78 is 0. The Kier molecular flexibility index (Phi) is 10.8. The van der Waals surface area contributed by atoms with Crippen LogP contribution in [0.5, 0.6) is 0 Å². The fraction of sp³-hybridized carbons (Fsp3) is 0.556. The second-order valence-corrected chi connectivity index (χ2v) is 9.21. The zero-order chi connectivity index (χ0) is 22.7. The smallest absolute Gasteiger partial charge is 0.314 e. The molecule has 1 aliphatic carbocycles. The van der Waals surface area contributed by atoms with E-state index in [0.717, 1.165) is 30.4 Å². The van der Waals surface area contributed by atoms with Crippen LogP contribution in [0.4, 0.5) is 0 Å². The first-order chi connectivity index (χ1) is 14.1. The van der Waals surface area contributed by atoms with E-state index in [4.69, 9.17) is 0 Å². The molecule has 0 saturated carbocycles. The molecule has 0 spiro atoms. The maximum Gasteiger partial charge on any atom is 0.314 e. The molecular weight excluding hydrogens is 372 g/mol. The zero-order valence-corrected chi connectivity index (χ0v) is 19.8. The van der Waals surface area contributed by atoms with Gasteiger partial charge in [0.15, 0.2) is 5.78 Å². The van der Waals surface area contributed by atoms with Gasteiger partial charge in [0.2, 0.25) is 0 Å². The number of rotatable bonds is 11. The number of ketones is 1. The van der Waals surface area contributed by atoms with Crippen molar-refractivity contribution < 1.29 is 14.7 Å². The summed E-state index contributed by atoms with van der Waals surface area (Å²) in [5.74, 6) is -2.28. The van der Waals surface area contributed by atoms with E-state index in [1.807, 2.05) is 25.2 Å². The van der Waals surface area contributed by atoms with Crippen molar-refractivity contribution in [3.05, 3.63) is 58.7 Å². The largest absolute Gasteiger partial charge is 0.481 e. The predicted octanol–water partition coefficient (Wildman–Crippen LogP) is 7.37. The number of hydrogen-bond donors (Lipinski definition) is 1. The molecule has 1 unspecified atom stereocenters. The maximum atomic E-state index is 12.3. The molecule has 0 bridgehead atoms. The van der Waals surface area contributed by atoms with Gasteiger partial charge in [-0.05, 0) is 69.1 Å². The van der Waals surface area contributed by atoms with Crippen LogP contribution in [0.3, 0.4) is 0 Å². The Bertz CT molecular complexity index is 757. The SMILES string of the molecule is CCCCCC(C(=O)O)C(=O)/C=C(C)/C=C/C=C(C)/C=C/C1=C(C)CCCC1(C)C. The fourth-order valence-corrected chi connectivity index (χ4v) is 3.99. The molecular formula is C27H40O3. The average molecular weight is 413 g/mol. The number of hydrogen-bond acceptors (Lipinski definition) is 2. The van der Waals surface area contributed by atoms with E-state index >= 15 is 0 Å². The maximum absolute atomic E-state index is 12.3. The monoisotopic (exact) mass is 412 g/mol. The standard InChI is InChI=1S/C27H40O3/c1-7-8-9-15-23(26(29)30)25(28)19-21(3)13-10-12-20(2)16-17-24-22(4)14-11-18-27(24,5)6/h10,12-13,16-17,19,23H,7-9,11,14-15,18H2,1-6H3,(H,29,30)/b13-10+,17-16+,20-12+,21-19+. The van der Waals surface area contributed by atoms with Crippen LogP contribution in [0.2, 0.25) is 0 Å². The normalized spacial score (nSPS) is 19.0. The third-order valence-corrected chi connectivity index (χ3v) is 5.88. The lowest BCUT2D eigenvalue weighted by Gasteiger charge is -2.32. The van der Waals surface area contributed by atoms with E-state index in [9.17, 15) is 14.7 Å². The van der Waals surface area contributed by atoms with E-state index in [2.05, 4.69) is 46.8 Å². The van der Waals surface area contributed by atoms with Crippen molar-refractivity contribution in [1.82, 2.24) is 0 Å². The Hall–Kier alpha value is -2.16. The molecule has 3 heteroatoms. The highest BCUT2D eigenvalue weighted by Gasteiger charge is 2.26. The molecule has 1 atom stereocenters. The van der Waals surface area contributed by atoms with Crippen LogP contribution in [0.1, 0.15) is 86.5 Å². The Morgan fingerprint density at radius 2 is 1.83 bits per heavy atom. The van der Waals surface area contributed by atoms with Gasteiger partial charge in [-0.2, -0.15) is 0 Å². The van der Waals surface area contributed by atoms with Gasteiger partial charge in [0.1, 0.15) is 5.92 Å². The summed E-state index contributed by atoms with van der Waals surface area (Å²) in [6, 6.07) is 0. The number of carboxylic acids is 1. The Balaban J connectivity index is 2.77. The summed E-state index contributed by atoms with van der Waals surface area (Å²) in [5.41, 5.74) is 5.05. The fourth-order valence-electron chi connectivity index (χ4n) is 3.99. The highest BCUT2D eigenvalue weighted by atomic mass is 16.4. The highest BCUT2D eigenvalue weighted by molar-refractivity contribution is 6.04. The summed E-state index contributed by atoms with van der Waals surface area (Å²) in [7, 11) is 0. The van der Waals surface area contributed by atoms with Gasteiger partial charge in [0.25, 0.3) is 0 Å². The van der Waals surface area contributed by atoms with Crippen LogP contribution in [0, 0.1) is 11.3 Å². The van der Waals surface area contributed by atoms with Crippen molar-refractivity contribution in [1.29, 1.82) is 0 Å². The third-order valence-electron chi connectivity index (χ3n) is 5.88. The van der Waals surface area contributed by atoms with Crippen molar-refractivity contribution in [3.63, 3.8) is 0 Å². The van der Waals surface area contributed by atoms with Gasteiger partial charge >= 0.3 is 5.97 Å². The van der Waals surface area contributed by atoms with Gasteiger partial charge in [0, 0.05) is 0 Å². The molecule has 0 aromatic carbocycles. The minimum Gasteiger partial charge on any atom is -0.481 e. The minimum absolute atomic E-state index is 0.229. The second-order valence-electron chi connectivity index (χ2n) is 9.21. The van der Waals surface area contributed by atoms with Crippen LogP contribution in [-0.2, 0) is 9.59 Å². The number of aliphatic carboxylic acids is 1. The lowest BCUT2D eigenvalue weighted by Crippen LogP contribution is -2.22. The van der Waals surface area contributed by atoms with E-state index in [1.54, 1.807) is 0 Å². The van der Waals surface area contributed by atoms with Gasteiger partial charge in [-0.3, -0.25) is 9.59 Å². The molecule has 0 aromatic rings. The molecule has 3 nitrogen and oxygen atoms in total. The lowest BCUT2D eigenvalue weighted by molar-refractivity contribution is -0.145. The number of carbonyl (C=O) groups excluding carboxylic acids is 1. The lowest BCUT2D eigenvalue weighted by atomic mass is 9.72. The summed E-state index contributed by atoms with van der Waals surface area (Å²) in [5, 5.41) is 9.34. The molecule has 0 amide bonds. The molecule has 0 heterocycles. The van der Waals surface area contributed by atoms with Crippen LogP contribution in [0.25, 0.3) is 0 Å². The summed E-state index contributed by atoms with van der Waals surface area (Å²) in [6.07, 6.45) is 18.4. The Morgan fingerprint density at radius 1 is 1.13 bits per heavy atom. The van der Waals surface area contributed by atoms with E-state index in [0.29, 0.717) is 6.42 Å². The first-order valence-corrected chi connectivity index (χ1v) is 11.3. The second kappa shape index (κ2) is 12.5. The van der Waals surface area contributed by atoms with Crippen molar-refractivity contribution in [3.8, 4) is 0 Å². The number of carboxylic acid groups (broad SMARTS) is 1. The number of unbranched alkanes of at least 4 members (excludes halogenated alkanes) is 2. The third kappa shape index (κ3) is 8.69. The van der Waals surface area contributed by atoms with E-state index in [-0.39, 0.29) is 11.2 Å². The molecule has 0 aromatic heterocycles. The Labute approximate surface area is 183 Å². The van der Waals surface area contributed by atoms with E-state index in [1.165, 1.54) is 36.5 Å². The van der Waals surface area contributed by atoms with Gasteiger partial charge in [0.05, 0.1) is 0 Å². The molecule has 0 saturated heterocycles. The van der Waals surface area contributed by atoms with Crippen molar-refractivity contribution in [2.75, 3.05) is 0 Å². The highest BCUT2D eigenvalue weighted by Crippen LogP contribution is 2.40. The van der Waals surface area contributed by atoms with Crippen molar-refractivity contribution in [2.45, 2.75) is 86.5 Å². The minimum atomic E-state index is -1.03. The molecule has 166 valence electrons.